The molecule has 0 radical (unpaired) electrons. The average Bonchev–Trinajstić information content (AvgIpc) is 2.39. The van der Waals surface area contributed by atoms with Crippen molar-refractivity contribution in [2.75, 3.05) is 26.7 Å². The molecule has 1 aliphatic rings. The zero-order valence-corrected chi connectivity index (χ0v) is 14.6. The lowest BCUT2D eigenvalue weighted by molar-refractivity contribution is 0.263. The molecule has 0 saturated carbocycles. The quantitative estimate of drug-likeness (QED) is 0.869. The standard InChI is InChI=1S/C13H19BrN2O2S.ClH/c1-15-9-11-4-3-7-16(10-11)19(17,18)13-6-2-5-12(14)8-13;/h2,5-6,8,11,15H,3-4,7,9-10H2,1H3;1H. The van der Waals surface area contributed by atoms with E-state index < -0.39 is 10.0 Å². The van der Waals surface area contributed by atoms with E-state index in [-0.39, 0.29) is 12.4 Å². The van der Waals surface area contributed by atoms with Crippen LogP contribution in [-0.4, -0.2) is 39.4 Å². The molecule has 1 unspecified atom stereocenters. The lowest BCUT2D eigenvalue weighted by Crippen LogP contribution is -2.42. The first kappa shape index (κ1) is 17.9. The lowest BCUT2D eigenvalue weighted by Gasteiger charge is -2.31. The van der Waals surface area contributed by atoms with E-state index in [2.05, 4.69) is 21.2 Å². The highest BCUT2D eigenvalue weighted by Gasteiger charge is 2.29. The van der Waals surface area contributed by atoms with Crippen LogP contribution in [0.3, 0.4) is 0 Å². The molecule has 4 nitrogen and oxygen atoms in total. The van der Waals surface area contributed by atoms with Crippen molar-refractivity contribution in [1.82, 2.24) is 9.62 Å². The Labute approximate surface area is 135 Å². The Morgan fingerprint density at radius 3 is 2.85 bits per heavy atom. The number of hydrogen-bond donors (Lipinski definition) is 1. The van der Waals surface area contributed by atoms with E-state index >= 15 is 0 Å². The minimum atomic E-state index is -3.36. The van der Waals surface area contributed by atoms with Gasteiger partial charge in [-0.15, -0.1) is 12.4 Å². The van der Waals surface area contributed by atoms with Crippen molar-refractivity contribution in [2.45, 2.75) is 17.7 Å². The number of rotatable bonds is 4. The van der Waals surface area contributed by atoms with Crippen molar-refractivity contribution >= 4 is 38.4 Å². The van der Waals surface area contributed by atoms with Gasteiger partial charge in [-0.3, -0.25) is 0 Å². The molecule has 0 spiro atoms. The van der Waals surface area contributed by atoms with Crippen LogP contribution in [0.5, 0.6) is 0 Å². The summed E-state index contributed by atoms with van der Waals surface area (Å²) in [6, 6.07) is 6.91. The first-order chi connectivity index (χ1) is 9.04. The zero-order valence-electron chi connectivity index (χ0n) is 11.4. The van der Waals surface area contributed by atoms with Gasteiger partial charge in [-0.2, -0.15) is 4.31 Å². The van der Waals surface area contributed by atoms with Gasteiger partial charge in [0.15, 0.2) is 0 Å². The van der Waals surface area contributed by atoms with Gasteiger partial charge >= 0.3 is 0 Å². The minimum Gasteiger partial charge on any atom is -0.319 e. The molecular formula is C13H20BrClN2O2S. The number of benzene rings is 1. The predicted molar refractivity (Wildman–Crippen MR) is 86.8 cm³/mol. The molecule has 0 amide bonds. The number of piperidine rings is 1. The predicted octanol–water partition coefficient (Wildman–Crippen LogP) is 2.49. The molecule has 1 atom stereocenters. The second-order valence-corrected chi connectivity index (χ2v) is 7.74. The highest BCUT2D eigenvalue weighted by Crippen LogP contribution is 2.25. The van der Waals surface area contributed by atoms with E-state index in [0.717, 1.165) is 23.9 Å². The number of halogens is 2. The maximum absolute atomic E-state index is 12.6. The number of nitrogens with zero attached hydrogens (tertiary/aromatic N) is 1. The lowest BCUT2D eigenvalue weighted by atomic mass is 10.00. The fraction of sp³-hybridized carbons (Fsp3) is 0.538. The Morgan fingerprint density at radius 2 is 2.20 bits per heavy atom. The summed E-state index contributed by atoms with van der Waals surface area (Å²) in [5, 5.41) is 3.13. The fourth-order valence-electron chi connectivity index (χ4n) is 2.48. The summed E-state index contributed by atoms with van der Waals surface area (Å²) in [7, 11) is -1.46. The Hall–Kier alpha value is -0.140. The Bertz CT molecular complexity index is 537. The van der Waals surface area contributed by atoms with Gasteiger partial charge in [0.25, 0.3) is 0 Å². The van der Waals surface area contributed by atoms with Crippen molar-refractivity contribution in [3.05, 3.63) is 28.7 Å². The van der Waals surface area contributed by atoms with Crippen molar-refractivity contribution < 1.29 is 8.42 Å². The van der Waals surface area contributed by atoms with Crippen LogP contribution in [0.4, 0.5) is 0 Å². The first-order valence-corrected chi connectivity index (χ1v) is 8.67. The molecule has 1 aliphatic heterocycles. The van der Waals surface area contributed by atoms with Gasteiger partial charge in [0.2, 0.25) is 10.0 Å². The van der Waals surface area contributed by atoms with Crippen molar-refractivity contribution in [2.24, 2.45) is 5.92 Å². The van der Waals surface area contributed by atoms with Gasteiger partial charge in [-0.1, -0.05) is 22.0 Å². The summed E-state index contributed by atoms with van der Waals surface area (Å²) in [6.45, 7) is 2.09. The maximum Gasteiger partial charge on any atom is 0.243 e. The van der Waals surface area contributed by atoms with Crippen LogP contribution < -0.4 is 5.32 Å². The summed E-state index contributed by atoms with van der Waals surface area (Å²) in [5.41, 5.74) is 0. The van der Waals surface area contributed by atoms with Crippen LogP contribution in [0, 0.1) is 5.92 Å². The number of sulfonamides is 1. The molecule has 1 saturated heterocycles. The van der Waals surface area contributed by atoms with Crippen molar-refractivity contribution in [1.29, 1.82) is 0 Å². The summed E-state index contributed by atoms with van der Waals surface area (Å²) >= 11 is 3.32. The molecule has 20 heavy (non-hydrogen) atoms. The third-order valence-electron chi connectivity index (χ3n) is 3.41. The summed E-state index contributed by atoms with van der Waals surface area (Å²) in [5.74, 6) is 0.403. The van der Waals surface area contributed by atoms with E-state index in [4.69, 9.17) is 0 Å². The van der Waals surface area contributed by atoms with E-state index in [1.54, 1.807) is 22.5 Å². The summed E-state index contributed by atoms with van der Waals surface area (Å²) in [4.78, 5) is 0.368. The second-order valence-electron chi connectivity index (χ2n) is 4.89. The van der Waals surface area contributed by atoms with Crippen LogP contribution in [0.2, 0.25) is 0 Å². The minimum absolute atomic E-state index is 0. The molecule has 0 aliphatic carbocycles. The molecule has 1 N–H and O–H groups in total. The largest absolute Gasteiger partial charge is 0.319 e. The van der Waals surface area contributed by atoms with Crippen LogP contribution in [0.15, 0.2) is 33.6 Å². The Kier molecular flexibility index (Phi) is 6.94. The van der Waals surface area contributed by atoms with E-state index in [0.29, 0.717) is 23.9 Å². The molecule has 2 rings (SSSR count). The SMILES string of the molecule is CNCC1CCCN(S(=O)(=O)c2cccc(Br)c2)C1.Cl. The molecule has 1 fully saturated rings. The molecule has 1 heterocycles. The van der Waals surface area contributed by atoms with Gasteiger partial charge in [0.1, 0.15) is 0 Å². The van der Waals surface area contributed by atoms with Crippen LogP contribution in [0.25, 0.3) is 0 Å². The third-order valence-corrected chi connectivity index (χ3v) is 5.76. The van der Waals surface area contributed by atoms with Crippen LogP contribution in [-0.2, 0) is 10.0 Å². The zero-order chi connectivity index (χ0) is 13.9. The highest BCUT2D eigenvalue weighted by atomic mass is 79.9. The Balaban J connectivity index is 0.00000200. The average molecular weight is 384 g/mol. The number of nitrogens with one attached hydrogen (secondary N) is 1. The molecule has 0 aromatic heterocycles. The molecule has 1 aromatic carbocycles. The van der Waals surface area contributed by atoms with E-state index in [1.165, 1.54) is 0 Å². The van der Waals surface area contributed by atoms with Crippen molar-refractivity contribution in [3.8, 4) is 0 Å². The Morgan fingerprint density at radius 1 is 1.45 bits per heavy atom. The van der Waals surface area contributed by atoms with Gasteiger partial charge in [-0.25, -0.2) is 8.42 Å². The van der Waals surface area contributed by atoms with Crippen LogP contribution >= 0.6 is 28.3 Å². The molecule has 114 valence electrons. The molecular weight excluding hydrogens is 364 g/mol. The topological polar surface area (TPSA) is 49.4 Å². The van der Waals surface area contributed by atoms with E-state index in [1.807, 2.05) is 13.1 Å². The summed E-state index contributed by atoms with van der Waals surface area (Å²) in [6.07, 6.45) is 2.02. The smallest absolute Gasteiger partial charge is 0.243 e. The molecule has 7 heteroatoms. The number of hydrogen-bond acceptors (Lipinski definition) is 3. The monoisotopic (exact) mass is 382 g/mol. The molecule has 0 bridgehead atoms. The van der Waals surface area contributed by atoms with Gasteiger partial charge < -0.3 is 5.32 Å². The molecule has 1 aromatic rings. The van der Waals surface area contributed by atoms with Crippen molar-refractivity contribution in [3.63, 3.8) is 0 Å². The second kappa shape index (κ2) is 7.75. The van der Waals surface area contributed by atoms with E-state index in [9.17, 15) is 8.42 Å². The van der Waals surface area contributed by atoms with Crippen LogP contribution in [0.1, 0.15) is 12.8 Å². The fourth-order valence-corrected chi connectivity index (χ4v) is 4.63. The van der Waals surface area contributed by atoms with Gasteiger partial charge in [0.05, 0.1) is 4.90 Å². The third kappa shape index (κ3) is 4.18. The highest BCUT2D eigenvalue weighted by molar-refractivity contribution is 9.10. The van der Waals surface area contributed by atoms with Gasteiger partial charge in [-0.05, 0) is 50.6 Å². The first-order valence-electron chi connectivity index (χ1n) is 6.44. The summed E-state index contributed by atoms with van der Waals surface area (Å²) < 4.78 is 27.5. The van der Waals surface area contributed by atoms with Gasteiger partial charge in [0, 0.05) is 17.6 Å². The maximum atomic E-state index is 12.6. The normalized spacial score (nSPS) is 20.4.